The number of benzene rings is 2. The lowest BCUT2D eigenvalue weighted by Gasteiger charge is -2.16. The molecule has 0 bridgehead atoms. The van der Waals surface area contributed by atoms with Crippen LogP contribution in [-0.4, -0.2) is 11.1 Å². The molecule has 21 heavy (non-hydrogen) atoms. The average Bonchev–Trinajstić information content (AvgIpc) is 2.48. The van der Waals surface area contributed by atoms with Crippen LogP contribution in [0.2, 0.25) is 0 Å². The molecule has 0 saturated carbocycles. The highest BCUT2D eigenvalue weighted by Gasteiger charge is 2.17. The zero-order valence-corrected chi connectivity index (χ0v) is 13.4. The van der Waals surface area contributed by atoms with Crippen molar-refractivity contribution in [3.05, 3.63) is 56.8 Å². The Morgan fingerprint density at radius 3 is 2.19 bits per heavy atom. The fourth-order valence-electron chi connectivity index (χ4n) is 1.98. The van der Waals surface area contributed by atoms with Crippen molar-refractivity contribution >= 4 is 21.9 Å². The zero-order valence-electron chi connectivity index (χ0n) is 11.8. The summed E-state index contributed by atoms with van der Waals surface area (Å²) in [6.45, 7) is 5.24. The second-order valence-corrected chi connectivity index (χ2v) is 5.56. The van der Waals surface area contributed by atoms with Crippen molar-refractivity contribution in [1.82, 2.24) is 0 Å². The molecule has 0 aliphatic rings. The van der Waals surface area contributed by atoms with Gasteiger partial charge in [-0.2, -0.15) is 0 Å². The van der Waals surface area contributed by atoms with E-state index in [4.69, 9.17) is 9.84 Å². The Labute approximate surface area is 130 Å². The van der Waals surface area contributed by atoms with Crippen molar-refractivity contribution in [1.29, 1.82) is 0 Å². The number of hydrogen-bond acceptors (Lipinski definition) is 2. The van der Waals surface area contributed by atoms with Gasteiger partial charge in [-0.3, -0.25) is 0 Å². The van der Waals surface area contributed by atoms with Crippen LogP contribution in [0, 0.1) is 26.6 Å². The Hall–Kier alpha value is -1.88. The van der Waals surface area contributed by atoms with Crippen molar-refractivity contribution in [2.24, 2.45) is 0 Å². The van der Waals surface area contributed by atoms with Crippen LogP contribution in [-0.2, 0) is 0 Å². The number of carbonyl (C=O) groups is 1. The molecule has 5 heteroatoms. The fourth-order valence-corrected chi connectivity index (χ4v) is 2.46. The van der Waals surface area contributed by atoms with Gasteiger partial charge in [-0.05, 0) is 72.1 Å². The molecule has 0 amide bonds. The van der Waals surface area contributed by atoms with Crippen molar-refractivity contribution < 1.29 is 19.0 Å². The molecule has 0 atom stereocenters. The molecule has 0 spiro atoms. The smallest absolute Gasteiger partial charge is 0.335 e. The third-order valence-electron chi connectivity index (χ3n) is 3.42. The van der Waals surface area contributed by atoms with Gasteiger partial charge in [-0.15, -0.1) is 0 Å². The number of hydrogen-bond donors (Lipinski definition) is 1. The van der Waals surface area contributed by atoms with Gasteiger partial charge < -0.3 is 9.84 Å². The summed E-state index contributed by atoms with van der Waals surface area (Å²) in [6.07, 6.45) is 0. The molecule has 2 rings (SSSR count). The number of rotatable bonds is 3. The first-order valence-corrected chi connectivity index (χ1v) is 7.08. The lowest BCUT2D eigenvalue weighted by Crippen LogP contribution is -1.99. The van der Waals surface area contributed by atoms with Crippen molar-refractivity contribution in [2.75, 3.05) is 0 Å². The predicted octanol–water partition coefficient (Wildman–Crippen LogP) is 5.00. The summed E-state index contributed by atoms with van der Waals surface area (Å²) in [5, 5.41) is 8.87. The van der Waals surface area contributed by atoms with Crippen LogP contribution in [0.15, 0.2) is 28.7 Å². The highest BCUT2D eigenvalue weighted by atomic mass is 79.9. The van der Waals surface area contributed by atoms with Gasteiger partial charge in [0.1, 0.15) is 17.3 Å². The van der Waals surface area contributed by atoms with Gasteiger partial charge in [0.15, 0.2) is 0 Å². The second-order valence-electron chi connectivity index (χ2n) is 4.76. The first-order chi connectivity index (χ1) is 9.82. The number of ether oxygens (including phenoxy) is 1. The summed E-state index contributed by atoms with van der Waals surface area (Å²) >= 11 is 3.23. The quantitative estimate of drug-likeness (QED) is 0.844. The maximum absolute atomic E-state index is 13.9. The lowest BCUT2D eigenvalue weighted by atomic mass is 10.0. The number of carboxylic acid groups (broad SMARTS) is 1. The fraction of sp³-hybridized carbons (Fsp3) is 0.188. The monoisotopic (exact) mass is 352 g/mol. The topological polar surface area (TPSA) is 46.5 Å². The van der Waals surface area contributed by atoms with Crippen molar-refractivity contribution in [3.63, 3.8) is 0 Å². The largest absolute Gasteiger partial charge is 0.478 e. The third-order valence-corrected chi connectivity index (χ3v) is 4.36. The van der Waals surface area contributed by atoms with E-state index in [1.54, 1.807) is 32.9 Å². The molecular formula is C16H14BrFO3. The van der Waals surface area contributed by atoms with E-state index in [2.05, 4.69) is 15.9 Å². The molecule has 0 aliphatic carbocycles. The van der Waals surface area contributed by atoms with Crippen molar-refractivity contribution in [2.45, 2.75) is 20.8 Å². The van der Waals surface area contributed by atoms with E-state index in [0.29, 0.717) is 27.1 Å². The van der Waals surface area contributed by atoms with Gasteiger partial charge in [-0.25, -0.2) is 9.18 Å². The minimum absolute atomic E-state index is 0.187. The van der Waals surface area contributed by atoms with Crippen LogP contribution in [0.25, 0.3) is 0 Å². The highest BCUT2D eigenvalue weighted by molar-refractivity contribution is 9.10. The summed E-state index contributed by atoms with van der Waals surface area (Å²) in [5.41, 5.74) is 2.09. The summed E-state index contributed by atoms with van der Waals surface area (Å²) in [6, 6.07) is 6.09. The van der Waals surface area contributed by atoms with Crippen LogP contribution < -0.4 is 4.74 Å². The van der Waals surface area contributed by atoms with Crippen LogP contribution >= 0.6 is 15.9 Å². The van der Waals surface area contributed by atoms with Gasteiger partial charge in [0.05, 0.1) is 10.0 Å². The molecule has 0 aromatic heterocycles. The van der Waals surface area contributed by atoms with Crippen LogP contribution in [0.4, 0.5) is 4.39 Å². The molecular weight excluding hydrogens is 339 g/mol. The average molecular weight is 353 g/mol. The van der Waals surface area contributed by atoms with E-state index in [9.17, 15) is 9.18 Å². The van der Waals surface area contributed by atoms with Crippen LogP contribution in [0.3, 0.4) is 0 Å². The van der Waals surface area contributed by atoms with Gasteiger partial charge in [-0.1, -0.05) is 0 Å². The molecule has 0 unspecified atom stereocenters. The van der Waals surface area contributed by atoms with E-state index in [1.807, 2.05) is 0 Å². The third kappa shape index (κ3) is 2.93. The molecule has 0 fully saturated rings. The molecule has 0 aliphatic heterocycles. The Kier molecular flexibility index (Phi) is 4.32. The molecule has 110 valence electrons. The van der Waals surface area contributed by atoms with Gasteiger partial charge in [0, 0.05) is 5.56 Å². The van der Waals surface area contributed by atoms with Gasteiger partial charge >= 0.3 is 5.97 Å². The second kappa shape index (κ2) is 5.85. The normalized spacial score (nSPS) is 10.5. The lowest BCUT2D eigenvalue weighted by molar-refractivity contribution is 0.0697. The Bertz CT molecular complexity index is 679. The first kappa shape index (κ1) is 15.5. The number of halogens is 2. The zero-order chi connectivity index (χ0) is 15.7. The van der Waals surface area contributed by atoms with Crippen LogP contribution in [0.5, 0.6) is 11.5 Å². The summed E-state index contributed by atoms with van der Waals surface area (Å²) in [4.78, 5) is 10.8. The Balaban J connectivity index is 2.42. The van der Waals surface area contributed by atoms with Crippen molar-refractivity contribution in [3.8, 4) is 11.5 Å². The minimum Gasteiger partial charge on any atom is -0.478 e. The molecule has 2 aromatic carbocycles. The predicted molar refractivity (Wildman–Crippen MR) is 81.8 cm³/mol. The molecule has 1 N–H and O–H groups in total. The summed E-state index contributed by atoms with van der Waals surface area (Å²) in [5.74, 6) is -0.208. The standard InChI is InChI=1S/C16H14BrFO3/c1-8-9(2)15(10(3)13(17)14(8)18)21-12-6-4-11(5-7-12)16(19)20/h4-7H,1-3H3,(H,19,20). The molecule has 0 saturated heterocycles. The van der Waals surface area contributed by atoms with E-state index in [-0.39, 0.29) is 11.4 Å². The summed E-state index contributed by atoms with van der Waals surface area (Å²) in [7, 11) is 0. The maximum Gasteiger partial charge on any atom is 0.335 e. The van der Waals surface area contributed by atoms with E-state index >= 15 is 0 Å². The minimum atomic E-state index is -0.991. The van der Waals surface area contributed by atoms with E-state index in [1.165, 1.54) is 12.1 Å². The maximum atomic E-state index is 13.9. The Morgan fingerprint density at radius 1 is 1.10 bits per heavy atom. The molecule has 0 radical (unpaired) electrons. The highest BCUT2D eigenvalue weighted by Crippen LogP contribution is 2.37. The van der Waals surface area contributed by atoms with E-state index < -0.39 is 5.97 Å². The number of carboxylic acids is 1. The molecule has 3 nitrogen and oxygen atoms in total. The van der Waals surface area contributed by atoms with Crippen LogP contribution in [0.1, 0.15) is 27.0 Å². The first-order valence-electron chi connectivity index (χ1n) is 6.29. The van der Waals surface area contributed by atoms with Gasteiger partial charge in [0.25, 0.3) is 0 Å². The van der Waals surface area contributed by atoms with E-state index in [0.717, 1.165) is 5.56 Å². The summed E-state index contributed by atoms with van der Waals surface area (Å²) < 4.78 is 20.1. The molecule has 2 aromatic rings. The SMILES string of the molecule is Cc1c(C)c(Oc2ccc(C(=O)O)cc2)c(C)c(Br)c1F. The Morgan fingerprint density at radius 2 is 1.67 bits per heavy atom. The number of aromatic carboxylic acids is 1. The molecule has 0 heterocycles. The van der Waals surface area contributed by atoms with Gasteiger partial charge in [0.2, 0.25) is 0 Å².